The largest absolute Gasteiger partial charge is 0.475 e. The minimum absolute atomic E-state index is 0.161. The van der Waals surface area contributed by atoms with Crippen LogP contribution in [-0.4, -0.2) is 46.0 Å². The third-order valence-corrected chi connectivity index (χ3v) is 3.21. The van der Waals surface area contributed by atoms with Crippen molar-refractivity contribution in [3.8, 4) is 0 Å². The topological polar surface area (TPSA) is 83.9 Å². The van der Waals surface area contributed by atoms with Crippen molar-refractivity contribution >= 4 is 17.8 Å². The van der Waals surface area contributed by atoms with Crippen LogP contribution in [0.4, 0.5) is 4.79 Å². The van der Waals surface area contributed by atoms with Crippen molar-refractivity contribution in [3.05, 3.63) is 0 Å². The number of likely N-dealkylation sites (tertiary alicyclic amines) is 1. The van der Waals surface area contributed by atoms with E-state index >= 15 is 0 Å². The zero-order chi connectivity index (χ0) is 15.7. The smallest absolute Gasteiger partial charge is 0.410 e. The number of Topliss-reactive ketones (excluding diaryl/α,β-unsaturated/α-hetero) is 1. The van der Waals surface area contributed by atoms with Crippen molar-refractivity contribution < 1.29 is 24.2 Å². The number of nitrogens with zero attached hydrogens (tertiary/aromatic N) is 1. The average molecular weight is 285 g/mol. The highest BCUT2D eigenvalue weighted by molar-refractivity contribution is 6.35. The number of carbonyl (C=O) groups excluding carboxylic acids is 2. The van der Waals surface area contributed by atoms with Crippen LogP contribution >= 0.6 is 0 Å². The van der Waals surface area contributed by atoms with Gasteiger partial charge in [0, 0.05) is 6.54 Å². The van der Waals surface area contributed by atoms with Crippen LogP contribution in [0.2, 0.25) is 0 Å². The molecule has 6 heteroatoms. The quantitative estimate of drug-likeness (QED) is 0.785. The first kappa shape index (κ1) is 16.5. The first-order valence-corrected chi connectivity index (χ1v) is 6.70. The third kappa shape index (κ3) is 4.21. The molecular formula is C14H23NO5. The Balaban J connectivity index is 2.96. The molecule has 0 radical (unpaired) electrons. The van der Waals surface area contributed by atoms with E-state index in [1.165, 1.54) is 4.90 Å². The van der Waals surface area contributed by atoms with Crippen LogP contribution in [0, 0.1) is 5.41 Å². The van der Waals surface area contributed by atoms with Gasteiger partial charge in [0.25, 0.3) is 5.78 Å². The maximum atomic E-state index is 12.2. The molecule has 20 heavy (non-hydrogen) atoms. The predicted molar refractivity (Wildman–Crippen MR) is 72.4 cm³/mol. The van der Waals surface area contributed by atoms with Gasteiger partial charge in [0.1, 0.15) is 11.6 Å². The molecule has 0 aromatic carbocycles. The fourth-order valence-electron chi connectivity index (χ4n) is 2.26. The molecule has 6 nitrogen and oxygen atoms in total. The minimum atomic E-state index is -1.51. The number of ether oxygens (including phenoxy) is 1. The highest BCUT2D eigenvalue weighted by Gasteiger charge is 2.42. The molecule has 1 N–H and O–H groups in total. The summed E-state index contributed by atoms with van der Waals surface area (Å²) < 4.78 is 5.27. The SMILES string of the molecule is CC1(C)CCC(C(=O)C(=O)O)N(C(=O)OC(C)(C)C)C1. The fraction of sp³-hybridized carbons (Fsp3) is 0.786. The molecule has 0 aliphatic carbocycles. The van der Waals surface area contributed by atoms with Gasteiger partial charge >= 0.3 is 12.1 Å². The van der Waals surface area contributed by atoms with Crippen molar-refractivity contribution in [2.45, 2.75) is 59.1 Å². The van der Waals surface area contributed by atoms with E-state index in [0.717, 1.165) is 0 Å². The highest BCUT2D eigenvalue weighted by atomic mass is 16.6. The summed E-state index contributed by atoms with van der Waals surface area (Å²) in [6.07, 6.45) is 0.401. The Morgan fingerprint density at radius 2 is 1.80 bits per heavy atom. The number of amides is 1. The van der Waals surface area contributed by atoms with Crippen LogP contribution in [0.15, 0.2) is 0 Å². The van der Waals surface area contributed by atoms with Gasteiger partial charge in [-0.1, -0.05) is 13.8 Å². The molecule has 1 aliphatic rings. The standard InChI is InChI=1S/C14H23NO5/c1-13(2,3)20-12(19)15-8-14(4,5)7-6-9(15)10(16)11(17)18/h9H,6-8H2,1-5H3,(H,17,18). The van der Waals surface area contributed by atoms with Crippen molar-refractivity contribution in [1.29, 1.82) is 0 Å². The molecular weight excluding hydrogens is 262 g/mol. The second kappa shape index (κ2) is 5.42. The molecule has 0 bridgehead atoms. The van der Waals surface area contributed by atoms with Gasteiger partial charge in [0.15, 0.2) is 0 Å². The number of carboxylic acid groups (broad SMARTS) is 1. The highest BCUT2D eigenvalue weighted by Crippen LogP contribution is 2.33. The van der Waals surface area contributed by atoms with E-state index in [9.17, 15) is 14.4 Å². The van der Waals surface area contributed by atoms with Gasteiger partial charge in [-0.15, -0.1) is 0 Å². The van der Waals surface area contributed by atoms with E-state index in [-0.39, 0.29) is 5.41 Å². The first-order chi connectivity index (χ1) is 8.93. The molecule has 114 valence electrons. The number of carboxylic acids is 1. The Morgan fingerprint density at radius 3 is 2.25 bits per heavy atom. The number of hydrogen-bond donors (Lipinski definition) is 1. The second-order valence-electron chi connectivity index (χ2n) is 7.00. The van der Waals surface area contributed by atoms with Gasteiger partial charge < -0.3 is 9.84 Å². The number of aliphatic carboxylic acids is 1. The molecule has 1 saturated heterocycles. The van der Waals surface area contributed by atoms with Crippen LogP contribution in [0.25, 0.3) is 0 Å². The number of ketones is 1. The van der Waals surface area contributed by atoms with Gasteiger partial charge in [-0.3, -0.25) is 9.69 Å². The van der Waals surface area contributed by atoms with Crippen LogP contribution in [0.5, 0.6) is 0 Å². The summed E-state index contributed by atoms with van der Waals surface area (Å²) >= 11 is 0. The Hall–Kier alpha value is -1.59. The molecule has 1 amide bonds. The van der Waals surface area contributed by atoms with Gasteiger partial charge in [0.05, 0.1) is 0 Å². The Labute approximate surface area is 119 Å². The van der Waals surface area contributed by atoms with Crippen molar-refractivity contribution in [2.24, 2.45) is 5.41 Å². The number of carbonyl (C=O) groups is 3. The molecule has 0 aromatic rings. The van der Waals surface area contributed by atoms with E-state index < -0.39 is 29.5 Å². The molecule has 1 rings (SSSR count). The number of hydrogen-bond acceptors (Lipinski definition) is 4. The van der Waals surface area contributed by atoms with Crippen LogP contribution in [0.3, 0.4) is 0 Å². The number of rotatable bonds is 2. The maximum Gasteiger partial charge on any atom is 0.410 e. The summed E-state index contributed by atoms with van der Waals surface area (Å²) in [6.45, 7) is 9.46. The lowest BCUT2D eigenvalue weighted by atomic mass is 9.80. The van der Waals surface area contributed by atoms with E-state index in [4.69, 9.17) is 9.84 Å². The second-order valence-corrected chi connectivity index (χ2v) is 7.00. The van der Waals surface area contributed by atoms with Gasteiger partial charge in [-0.25, -0.2) is 9.59 Å². The summed E-state index contributed by atoms with van der Waals surface area (Å²) in [7, 11) is 0. The molecule has 1 unspecified atom stereocenters. The van der Waals surface area contributed by atoms with Crippen LogP contribution in [-0.2, 0) is 14.3 Å². The lowest BCUT2D eigenvalue weighted by Crippen LogP contribution is -2.55. The van der Waals surface area contributed by atoms with Crippen LogP contribution < -0.4 is 0 Å². The molecule has 0 aromatic heterocycles. The lowest BCUT2D eigenvalue weighted by Gasteiger charge is -2.42. The molecule has 1 heterocycles. The summed E-state index contributed by atoms with van der Waals surface area (Å²) in [4.78, 5) is 36.1. The molecule has 1 aliphatic heterocycles. The van der Waals surface area contributed by atoms with Crippen molar-refractivity contribution in [2.75, 3.05) is 6.54 Å². The Bertz CT molecular complexity index is 422. The Kier molecular flexibility index (Phi) is 4.46. The van der Waals surface area contributed by atoms with E-state index in [1.54, 1.807) is 20.8 Å². The summed E-state index contributed by atoms with van der Waals surface area (Å²) in [5, 5.41) is 8.87. The van der Waals surface area contributed by atoms with Crippen LogP contribution in [0.1, 0.15) is 47.5 Å². The third-order valence-electron chi connectivity index (χ3n) is 3.21. The van der Waals surface area contributed by atoms with E-state index in [2.05, 4.69) is 0 Å². The maximum absolute atomic E-state index is 12.2. The van der Waals surface area contributed by atoms with Gasteiger partial charge in [-0.05, 0) is 39.0 Å². The zero-order valence-electron chi connectivity index (χ0n) is 12.7. The Morgan fingerprint density at radius 1 is 1.25 bits per heavy atom. The first-order valence-electron chi connectivity index (χ1n) is 6.70. The summed E-state index contributed by atoms with van der Waals surface area (Å²) in [5.41, 5.74) is -0.846. The summed E-state index contributed by atoms with van der Waals surface area (Å²) in [6, 6.07) is -0.935. The van der Waals surface area contributed by atoms with Gasteiger partial charge in [-0.2, -0.15) is 0 Å². The van der Waals surface area contributed by atoms with Crippen molar-refractivity contribution in [1.82, 2.24) is 4.90 Å². The van der Waals surface area contributed by atoms with E-state index in [1.807, 2.05) is 13.8 Å². The monoisotopic (exact) mass is 285 g/mol. The molecule has 1 fully saturated rings. The normalized spacial score (nSPS) is 22.2. The number of piperidine rings is 1. The van der Waals surface area contributed by atoms with E-state index in [0.29, 0.717) is 19.4 Å². The predicted octanol–water partition coefficient (Wildman–Crippen LogP) is 2.07. The molecule has 0 spiro atoms. The zero-order valence-corrected chi connectivity index (χ0v) is 12.7. The fourth-order valence-corrected chi connectivity index (χ4v) is 2.26. The summed E-state index contributed by atoms with van der Waals surface area (Å²) in [5.74, 6) is -2.46. The molecule has 0 saturated carbocycles. The molecule has 1 atom stereocenters. The van der Waals surface area contributed by atoms with Gasteiger partial charge in [0.2, 0.25) is 0 Å². The minimum Gasteiger partial charge on any atom is -0.475 e. The lowest BCUT2D eigenvalue weighted by molar-refractivity contribution is -0.152. The average Bonchev–Trinajstić information content (AvgIpc) is 2.24. The van der Waals surface area contributed by atoms with Crippen molar-refractivity contribution in [3.63, 3.8) is 0 Å².